The minimum Gasteiger partial charge on any atom is -0.478 e. The van der Waals surface area contributed by atoms with Crippen LogP contribution in [0.4, 0.5) is 14.7 Å². The summed E-state index contributed by atoms with van der Waals surface area (Å²) < 4.78 is 27.0. The summed E-state index contributed by atoms with van der Waals surface area (Å²) in [6, 6.07) is 12.7. The fourth-order valence-corrected chi connectivity index (χ4v) is 5.91. The Morgan fingerprint density at radius 3 is 2.31 bits per heavy atom. The molecule has 5 rings (SSSR count). The van der Waals surface area contributed by atoms with Gasteiger partial charge in [-0.1, -0.05) is 38.1 Å². The number of carboxylic acid groups (broad SMARTS) is 1. The van der Waals surface area contributed by atoms with Crippen molar-refractivity contribution >= 4 is 17.8 Å². The number of aromatic nitrogens is 2. The second kappa shape index (κ2) is 11.1. The lowest BCUT2D eigenvalue weighted by molar-refractivity contribution is -0.135. The van der Waals surface area contributed by atoms with Gasteiger partial charge in [0.15, 0.2) is 0 Å². The van der Waals surface area contributed by atoms with E-state index < -0.39 is 5.97 Å². The standard InChI is InChI=1S/C30H32F2N4O3/c1-18(2)28(37)36-17-24(20-6-10-22(32)11-7-20)25-16-35(14-13-27(25)36)30-33-15-23(29(38)39)26(34-30)12-5-19-3-8-21(31)9-4-19/h3-4,6-11,15,18,24-25,27H,5,12-14,16-17H2,1-2H3,(H,38,39)/t24-,25+,27-/m1/s1. The quantitative estimate of drug-likeness (QED) is 0.472. The fourth-order valence-electron chi connectivity index (χ4n) is 5.91. The maximum Gasteiger partial charge on any atom is 0.339 e. The molecule has 2 aliphatic rings. The van der Waals surface area contributed by atoms with Crippen LogP contribution in [-0.4, -0.2) is 57.5 Å². The Kier molecular flexibility index (Phi) is 7.59. The molecule has 2 aromatic carbocycles. The first-order valence-electron chi connectivity index (χ1n) is 13.4. The van der Waals surface area contributed by atoms with E-state index in [1.165, 1.54) is 30.5 Å². The van der Waals surface area contributed by atoms with Gasteiger partial charge in [-0.2, -0.15) is 0 Å². The molecule has 2 saturated heterocycles. The van der Waals surface area contributed by atoms with E-state index in [1.807, 2.05) is 18.7 Å². The number of aryl methyl sites for hydroxylation is 2. The zero-order valence-corrected chi connectivity index (χ0v) is 22.1. The van der Waals surface area contributed by atoms with Crippen molar-refractivity contribution in [1.82, 2.24) is 14.9 Å². The average molecular weight is 535 g/mol. The number of halogens is 2. The van der Waals surface area contributed by atoms with Crippen LogP contribution in [0, 0.1) is 23.5 Å². The number of carboxylic acids is 1. The van der Waals surface area contributed by atoms with Gasteiger partial charge in [0.2, 0.25) is 11.9 Å². The van der Waals surface area contributed by atoms with Crippen LogP contribution in [0.15, 0.2) is 54.7 Å². The van der Waals surface area contributed by atoms with E-state index in [4.69, 9.17) is 0 Å². The molecule has 3 heterocycles. The van der Waals surface area contributed by atoms with E-state index >= 15 is 0 Å². The van der Waals surface area contributed by atoms with E-state index in [2.05, 4.69) is 14.9 Å². The minimum absolute atomic E-state index is 0.0392. The summed E-state index contributed by atoms with van der Waals surface area (Å²) in [6.45, 7) is 5.61. The van der Waals surface area contributed by atoms with Crippen LogP contribution < -0.4 is 4.90 Å². The van der Waals surface area contributed by atoms with Crippen molar-refractivity contribution in [2.75, 3.05) is 24.5 Å². The molecule has 9 heteroatoms. The highest BCUT2D eigenvalue weighted by Gasteiger charge is 2.47. The number of anilines is 1. The number of hydrogen-bond acceptors (Lipinski definition) is 5. The number of fused-ring (bicyclic) bond motifs is 1. The maximum absolute atomic E-state index is 13.7. The number of carbonyl (C=O) groups excluding carboxylic acids is 1. The van der Waals surface area contributed by atoms with E-state index in [0.717, 1.165) is 17.5 Å². The molecule has 3 aromatic rings. The molecule has 0 bridgehead atoms. The van der Waals surface area contributed by atoms with Crippen LogP contribution in [0.25, 0.3) is 0 Å². The number of benzene rings is 2. The molecule has 2 aliphatic heterocycles. The highest BCUT2D eigenvalue weighted by atomic mass is 19.1. The third kappa shape index (κ3) is 5.62. The lowest BCUT2D eigenvalue weighted by Gasteiger charge is -2.39. The first-order chi connectivity index (χ1) is 18.7. The number of carbonyl (C=O) groups is 2. The number of piperidine rings is 1. The largest absolute Gasteiger partial charge is 0.478 e. The van der Waals surface area contributed by atoms with Gasteiger partial charge < -0.3 is 14.9 Å². The Balaban J connectivity index is 1.40. The summed E-state index contributed by atoms with van der Waals surface area (Å²) >= 11 is 0. The van der Waals surface area contributed by atoms with Crippen LogP contribution >= 0.6 is 0 Å². The number of rotatable bonds is 7. The van der Waals surface area contributed by atoms with Crippen molar-refractivity contribution in [3.8, 4) is 0 Å². The highest BCUT2D eigenvalue weighted by Crippen LogP contribution is 2.42. The molecule has 0 radical (unpaired) electrons. The molecule has 0 saturated carbocycles. The Labute approximate surface area is 226 Å². The van der Waals surface area contributed by atoms with Crippen molar-refractivity contribution in [3.63, 3.8) is 0 Å². The van der Waals surface area contributed by atoms with Crippen LogP contribution in [0.2, 0.25) is 0 Å². The predicted octanol–water partition coefficient (Wildman–Crippen LogP) is 4.72. The summed E-state index contributed by atoms with van der Waals surface area (Å²) in [6.07, 6.45) is 2.98. The molecular formula is C30H32F2N4O3. The summed E-state index contributed by atoms with van der Waals surface area (Å²) in [7, 11) is 0. The predicted molar refractivity (Wildman–Crippen MR) is 143 cm³/mol. The van der Waals surface area contributed by atoms with Gasteiger partial charge in [0, 0.05) is 49.6 Å². The molecule has 7 nitrogen and oxygen atoms in total. The molecule has 3 atom stereocenters. The Morgan fingerprint density at radius 2 is 1.67 bits per heavy atom. The second-order valence-corrected chi connectivity index (χ2v) is 10.7. The summed E-state index contributed by atoms with van der Waals surface area (Å²) in [5.41, 5.74) is 2.36. The van der Waals surface area contributed by atoms with E-state index in [9.17, 15) is 23.5 Å². The maximum atomic E-state index is 13.7. The van der Waals surface area contributed by atoms with Gasteiger partial charge in [-0.3, -0.25) is 4.79 Å². The Hall–Kier alpha value is -3.88. The number of likely N-dealkylation sites (tertiary alicyclic amines) is 1. The highest BCUT2D eigenvalue weighted by molar-refractivity contribution is 5.88. The molecule has 0 aliphatic carbocycles. The third-order valence-corrected chi connectivity index (χ3v) is 7.94. The average Bonchev–Trinajstić information content (AvgIpc) is 3.31. The van der Waals surface area contributed by atoms with Crippen molar-refractivity contribution in [1.29, 1.82) is 0 Å². The van der Waals surface area contributed by atoms with Crippen molar-refractivity contribution in [2.45, 2.75) is 45.1 Å². The van der Waals surface area contributed by atoms with Crippen molar-refractivity contribution < 1.29 is 23.5 Å². The number of aromatic carboxylic acids is 1. The molecule has 1 aromatic heterocycles. The summed E-state index contributed by atoms with van der Waals surface area (Å²) in [4.78, 5) is 38.1. The van der Waals surface area contributed by atoms with Crippen LogP contribution in [0.3, 0.4) is 0 Å². The van der Waals surface area contributed by atoms with Crippen molar-refractivity contribution in [3.05, 3.63) is 88.7 Å². The lowest BCUT2D eigenvalue weighted by atomic mass is 9.82. The van der Waals surface area contributed by atoms with Gasteiger partial charge in [0.1, 0.15) is 11.6 Å². The molecule has 0 spiro atoms. The van der Waals surface area contributed by atoms with E-state index in [-0.39, 0.29) is 46.9 Å². The molecule has 204 valence electrons. The Morgan fingerprint density at radius 1 is 1.00 bits per heavy atom. The topological polar surface area (TPSA) is 86.6 Å². The van der Waals surface area contributed by atoms with E-state index in [1.54, 1.807) is 24.3 Å². The van der Waals surface area contributed by atoms with Gasteiger partial charge in [0.05, 0.1) is 11.3 Å². The smallest absolute Gasteiger partial charge is 0.339 e. The fraction of sp³-hybridized carbons (Fsp3) is 0.400. The summed E-state index contributed by atoms with van der Waals surface area (Å²) in [5, 5.41) is 9.72. The van der Waals surface area contributed by atoms with Gasteiger partial charge in [-0.25, -0.2) is 23.5 Å². The Bertz CT molecular complexity index is 1350. The number of amides is 1. The molecule has 39 heavy (non-hydrogen) atoms. The monoisotopic (exact) mass is 534 g/mol. The second-order valence-electron chi connectivity index (χ2n) is 10.7. The molecule has 2 fully saturated rings. The molecule has 1 amide bonds. The van der Waals surface area contributed by atoms with Crippen molar-refractivity contribution in [2.24, 2.45) is 11.8 Å². The zero-order valence-electron chi connectivity index (χ0n) is 22.1. The number of hydrogen-bond donors (Lipinski definition) is 1. The third-order valence-electron chi connectivity index (χ3n) is 7.94. The van der Waals surface area contributed by atoms with Gasteiger partial charge in [-0.15, -0.1) is 0 Å². The molecular weight excluding hydrogens is 502 g/mol. The van der Waals surface area contributed by atoms with Crippen LogP contribution in [0.1, 0.15) is 53.4 Å². The minimum atomic E-state index is -1.09. The normalized spacial score (nSPS) is 20.8. The van der Waals surface area contributed by atoms with Gasteiger partial charge >= 0.3 is 5.97 Å². The van der Waals surface area contributed by atoms with Gasteiger partial charge in [0.25, 0.3) is 0 Å². The first kappa shape index (κ1) is 26.7. The number of nitrogens with zero attached hydrogens (tertiary/aromatic N) is 4. The molecule has 0 unspecified atom stereocenters. The lowest BCUT2D eigenvalue weighted by Crippen LogP contribution is -2.49. The van der Waals surface area contributed by atoms with E-state index in [0.29, 0.717) is 44.1 Å². The SMILES string of the molecule is CC(C)C(=O)N1C[C@H](c2ccc(F)cc2)[C@@H]2CN(c3ncc(C(=O)O)c(CCc4ccc(F)cc4)n3)CC[C@H]21. The first-order valence-corrected chi connectivity index (χ1v) is 13.4. The van der Waals surface area contributed by atoms with Crippen LogP contribution in [-0.2, 0) is 17.6 Å². The van der Waals surface area contributed by atoms with Gasteiger partial charge in [-0.05, 0) is 54.7 Å². The summed E-state index contributed by atoms with van der Waals surface area (Å²) in [5.74, 6) is -1.12. The molecule has 1 N–H and O–H groups in total. The van der Waals surface area contributed by atoms with Crippen LogP contribution in [0.5, 0.6) is 0 Å². The zero-order chi connectivity index (χ0) is 27.7.